The van der Waals surface area contributed by atoms with E-state index in [9.17, 15) is 0 Å². The second-order valence-electron chi connectivity index (χ2n) is 4.84. The Kier molecular flexibility index (Phi) is 3.62. The number of nitrogens with one attached hydrogen (secondary N) is 1. The minimum absolute atomic E-state index is 0.195. The van der Waals surface area contributed by atoms with Gasteiger partial charge in [-0.05, 0) is 18.4 Å². The van der Waals surface area contributed by atoms with Gasteiger partial charge in [-0.1, -0.05) is 30.3 Å². The zero-order chi connectivity index (χ0) is 13.1. The van der Waals surface area contributed by atoms with Crippen LogP contribution in [0.25, 0.3) is 0 Å². The predicted octanol–water partition coefficient (Wildman–Crippen LogP) is 2.66. The average molecular weight is 258 g/mol. The van der Waals surface area contributed by atoms with Crippen molar-refractivity contribution >= 4 is 0 Å². The van der Waals surface area contributed by atoms with E-state index in [2.05, 4.69) is 10.3 Å². The highest BCUT2D eigenvalue weighted by molar-refractivity contribution is 5.26. The molecule has 0 saturated heterocycles. The second-order valence-corrected chi connectivity index (χ2v) is 4.84. The van der Waals surface area contributed by atoms with Gasteiger partial charge in [-0.3, -0.25) is 0 Å². The van der Waals surface area contributed by atoms with Crippen LogP contribution in [0.5, 0.6) is 0 Å². The first kappa shape index (κ1) is 12.4. The topological polar surface area (TPSA) is 47.3 Å². The van der Waals surface area contributed by atoms with Crippen molar-refractivity contribution in [2.45, 2.75) is 31.5 Å². The van der Waals surface area contributed by atoms with Crippen LogP contribution in [-0.2, 0) is 11.3 Å². The van der Waals surface area contributed by atoms with Crippen molar-refractivity contribution < 1.29 is 9.15 Å². The van der Waals surface area contributed by atoms with E-state index in [4.69, 9.17) is 9.15 Å². The van der Waals surface area contributed by atoms with Gasteiger partial charge in [-0.2, -0.15) is 0 Å². The van der Waals surface area contributed by atoms with Crippen molar-refractivity contribution in [2.75, 3.05) is 7.11 Å². The first-order valence-electron chi connectivity index (χ1n) is 6.62. The van der Waals surface area contributed by atoms with Crippen LogP contribution in [0.15, 0.2) is 41.1 Å². The van der Waals surface area contributed by atoms with E-state index in [-0.39, 0.29) is 6.10 Å². The number of methoxy groups -OCH3 is 1. The Bertz CT molecular complexity index is 520. The Labute approximate surface area is 112 Å². The van der Waals surface area contributed by atoms with Crippen LogP contribution in [0.1, 0.15) is 36.0 Å². The summed E-state index contributed by atoms with van der Waals surface area (Å²) in [6.45, 7) is 0.739. The van der Waals surface area contributed by atoms with E-state index in [0.717, 1.165) is 23.6 Å². The predicted molar refractivity (Wildman–Crippen MR) is 71.7 cm³/mol. The monoisotopic (exact) mass is 258 g/mol. The second kappa shape index (κ2) is 5.55. The average Bonchev–Trinajstić information content (AvgIpc) is 3.18. The summed E-state index contributed by atoms with van der Waals surface area (Å²) in [5.41, 5.74) is 2.01. The Morgan fingerprint density at radius 1 is 1.37 bits per heavy atom. The standard InChI is InChI=1S/C15H18N2O2/c1-18-14(11-5-3-2-4-6-11)15-13(17-10-19-15)9-16-12-7-8-12/h2-6,10,12,14,16H,7-9H2,1H3. The van der Waals surface area contributed by atoms with E-state index >= 15 is 0 Å². The molecule has 0 bridgehead atoms. The molecule has 0 radical (unpaired) electrons. The SMILES string of the molecule is COC(c1ccccc1)c1ocnc1CNC1CC1. The molecule has 1 N–H and O–H groups in total. The smallest absolute Gasteiger partial charge is 0.181 e. The Balaban J connectivity index is 1.80. The Morgan fingerprint density at radius 3 is 2.84 bits per heavy atom. The van der Waals surface area contributed by atoms with Crippen molar-refractivity contribution in [3.63, 3.8) is 0 Å². The van der Waals surface area contributed by atoms with Crippen molar-refractivity contribution in [2.24, 2.45) is 0 Å². The lowest BCUT2D eigenvalue weighted by atomic mass is 10.1. The number of hydrogen-bond acceptors (Lipinski definition) is 4. The maximum absolute atomic E-state index is 5.58. The highest BCUT2D eigenvalue weighted by Gasteiger charge is 2.24. The largest absolute Gasteiger partial charge is 0.445 e. The van der Waals surface area contributed by atoms with Crippen LogP contribution in [0.2, 0.25) is 0 Å². The summed E-state index contributed by atoms with van der Waals surface area (Å²) in [6.07, 6.45) is 3.83. The van der Waals surface area contributed by atoms with E-state index in [1.807, 2.05) is 30.3 Å². The maximum Gasteiger partial charge on any atom is 0.181 e. The third kappa shape index (κ3) is 2.85. The van der Waals surface area contributed by atoms with E-state index in [0.29, 0.717) is 6.04 Å². The van der Waals surface area contributed by atoms with E-state index < -0.39 is 0 Å². The molecule has 3 rings (SSSR count). The van der Waals surface area contributed by atoms with Crippen LogP contribution in [-0.4, -0.2) is 18.1 Å². The molecule has 2 aromatic rings. The first-order valence-corrected chi connectivity index (χ1v) is 6.62. The van der Waals surface area contributed by atoms with Crippen LogP contribution in [0.3, 0.4) is 0 Å². The third-order valence-corrected chi connectivity index (χ3v) is 3.38. The first-order chi connectivity index (χ1) is 9.38. The fourth-order valence-electron chi connectivity index (χ4n) is 2.18. The van der Waals surface area contributed by atoms with Gasteiger partial charge < -0.3 is 14.5 Å². The lowest BCUT2D eigenvalue weighted by Gasteiger charge is -2.14. The number of nitrogens with zero attached hydrogens (tertiary/aromatic N) is 1. The van der Waals surface area contributed by atoms with Gasteiger partial charge >= 0.3 is 0 Å². The molecule has 4 heteroatoms. The molecule has 1 aromatic heterocycles. The molecule has 0 amide bonds. The number of benzene rings is 1. The van der Waals surface area contributed by atoms with Crippen molar-refractivity contribution in [1.82, 2.24) is 10.3 Å². The molecule has 1 aromatic carbocycles. The molecular weight excluding hydrogens is 240 g/mol. The molecule has 0 spiro atoms. The van der Waals surface area contributed by atoms with Crippen molar-refractivity contribution in [3.8, 4) is 0 Å². The van der Waals surface area contributed by atoms with Crippen LogP contribution in [0, 0.1) is 0 Å². The molecule has 1 atom stereocenters. The lowest BCUT2D eigenvalue weighted by molar-refractivity contribution is 0.115. The lowest BCUT2D eigenvalue weighted by Crippen LogP contribution is -2.17. The third-order valence-electron chi connectivity index (χ3n) is 3.38. The zero-order valence-electron chi connectivity index (χ0n) is 11.0. The van der Waals surface area contributed by atoms with Gasteiger partial charge in [0.2, 0.25) is 0 Å². The molecule has 1 heterocycles. The quantitative estimate of drug-likeness (QED) is 0.865. The van der Waals surface area contributed by atoms with E-state index in [1.165, 1.54) is 19.2 Å². The summed E-state index contributed by atoms with van der Waals surface area (Å²) in [6, 6.07) is 10.7. The minimum Gasteiger partial charge on any atom is -0.445 e. The molecule has 1 aliphatic rings. The molecular formula is C15H18N2O2. The van der Waals surface area contributed by atoms with Gasteiger partial charge in [0, 0.05) is 19.7 Å². The van der Waals surface area contributed by atoms with Gasteiger partial charge in [0.05, 0.1) is 5.69 Å². The summed E-state index contributed by atoms with van der Waals surface area (Å²) in [4.78, 5) is 4.30. The molecule has 1 saturated carbocycles. The zero-order valence-corrected chi connectivity index (χ0v) is 11.0. The summed E-state index contributed by atoms with van der Waals surface area (Å²) in [7, 11) is 1.69. The maximum atomic E-state index is 5.58. The van der Waals surface area contributed by atoms with Gasteiger partial charge in [0.1, 0.15) is 6.10 Å². The fourth-order valence-corrected chi connectivity index (χ4v) is 2.18. The Hall–Kier alpha value is -1.65. The summed E-state index contributed by atoms with van der Waals surface area (Å²) in [5, 5.41) is 3.45. The van der Waals surface area contributed by atoms with Gasteiger partial charge in [0.25, 0.3) is 0 Å². The molecule has 4 nitrogen and oxygen atoms in total. The summed E-state index contributed by atoms with van der Waals surface area (Å²) >= 11 is 0. The molecule has 19 heavy (non-hydrogen) atoms. The summed E-state index contributed by atoms with van der Waals surface area (Å²) < 4.78 is 11.1. The molecule has 0 aliphatic heterocycles. The number of rotatable bonds is 6. The Morgan fingerprint density at radius 2 is 2.16 bits per heavy atom. The number of ether oxygens (including phenoxy) is 1. The van der Waals surface area contributed by atoms with Gasteiger partial charge in [-0.15, -0.1) is 0 Å². The fraction of sp³-hybridized carbons (Fsp3) is 0.400. The molecule has 1 fully saturated rings. The normalized spacial score (nSPS) is 16.5. The van der Waals surface area contributed by atoms with Crippen LogP contribution >= 0.6 is 0 Å². The minimum atomic E-state index is -0.195. The summed E-state index contributed by atoms with van der Waals surface area (Å²) in [5.74, 6) is 0.793. The molecule has 1 unspecified atom stereocenters. The highest BCUT2D eigenvalue weighted by Crippen LogP contribution is 2.28. The van der Waals surface area contributed by atoms with Crippen LogP contribution in [0.4, 0.5) is 0 Å². The molecule has 100 valence electrons. The molecule has 1 aliphatic carbocycles. The number of aromatic nitrogens is 1. The van der Waals surface area contributed by atoms with Crippen molar-refractivity contribution in [1.29, 1.82) is 0 Å². The van der Waals surface area contributed by atoms with Crippen LogP contribution < -0.4 is 5.32 Å². The van der Waals surface area contributed by atoms with Gasteiger partial charge in [0.15, 0.2) is 12.2 Å². The highest BCUT2D eigenvalue weighted by atomic mass is 16.5. The van der Waals surface area contributed by atoms with Crippen molar-refractivity contribution in [3.05, 3.63) is 53.7 Å². The van der Waals surface area contributed by atoms with Gasteiger partial charge in [-0.25, -0.2) is 4.98 Å². The number of oxazole rings is 1. The number of hydrogen-bond donors (Lipinski definition) is 1. The van der Waals surface area contributed by atoms with E-state index in [1.54, 1.807) is 7.11 Å².